The van der Waals surface area contributed by atoms with Gasteiger partial charge in [-0.05, 0) is 54.1 Å². The minimum absolute atomic E-state index is 0.120. The Morgan fingerprint density at radius 2 is 1.86 bits per heavy atom. The van der Waals surface area contributed by atoms with Crippen molar-refractivity contribution in [2.45, 2.75) is 25.7 Å². The molecule has 1 atom stereocenters. The average molecular weight is 614 g/mol. The summed E-state index contributed by atoms with van der Waals surface area (Å²) < 4.78 is 50.0. The minimum atomic E-state index is -1.48. The van der Waals surface area contributed by atoms with Crippen molar-refractivity contribution < 1.29 is 32.6 Å². The maximum absolute atomic E-state index is 15.8. The lowest BCUT2D eigenvalue weighted by molar-refractivity contribution is -0.0705. The van der Waals surface area contributed by atoms with Gasteiger partial charge in [-0.25, -0.2) is 23.5 Å². The highest BCUT2D eigenvalue weighted by Gasteiger charge is 2.42. The highest BCUT2D eigenvalue weighted by Crippen LogP contribution is 2.50. The average Bonchev–Trinajstić information content (AvgIpc) is 3.71. The number of benzene rings is 4. The molecule has 0 saturated carbocycles. The summed E-state index contributed by atoms with van der Waals surface area (Å²) in [4.78, 5) is 20.3. The number of para-hydroxylation sites is 1. The van der Waals surface area contributed by atoms with Gasteiger partial charge in [0.25, 0.3) is 5.79 Å². The molecule has 2 aromatic heterocycles. The molecular weight excluding hydrogens is 592 g/mol. The van der Waals surface area contributed by atoms with Crippen LogP contribution in [-0.4, -0.2) is 25.6 Å². The summed E-state index contributed by atoms with van der Waals surface area (Å²) in [5.74, 6) is -1.84. The molecule has 0 bridgehead atoms. The zero-order valence-electron chi connectivity index (χ0n) is 23.1. The third-order valence-electron chi connectivity index (χ3n) is 7.56. The molecule has 7 rings (SSSR count). The van der Waals surface area contributed by atoms with Crippen LogP contribution in [-0.2, 0) is 18.8 Å². The normalized spacial score (nSPS) is 15.6. The summed E-state index contributed by atoms with van der Waals surface area (Å²) in [6.07, 6.45) is 3.14. The molecule has 1 N–H and O–H groups in total. The van der Waals surface area contributed by atoms with Gasteiger partial charge in [0.2, 0.25) is 0 Å². The van der Waals surface area contributed by atoms with E-state index in [0.717, 1.165) is 0 Å². The van der Waals surface area contributed by atoms with E-state index in [1.807, 2.05) is 4.57 Å². The first-order chi connectivity index (χ1) is 21.2. The molecule has 0 aliphatic carbocycles. The van der Waals surface area contributed by atoms with Crippen LogP contribution in [0.5, 0.6) is 11.5 Å². The number of halogens is 3. The predicted octanol–water partition coefficient (Wildman–Crippen LogP) is 7.60. The Labute approximate surface area is 254 Å². The third kappa shape index (κ3) is 4.83. The zero-order chi connectivity index (χ0) is 30.6. The molecule has 0 saturated heterocycles. The maximum atomic E-state index is 15.8. The van der Waals surface area contributed by atoms with Gasteiger partial charge in [0.15, 0.2) is 17.9 Å². The molecular formula is C33H22ClF2N3O5. The second-order valence-corrected chi connectivity index (χ2v) is 10.9. The molecule has 0 amide bonds. The number of hydrogen-bond acceptors (Lipinski definition) is 6. The third-order valence-corrected chi connectivity index (χ3v) is 7.79. The Morgan fingerprint density at radius 3 is 2.61 bits per heavy atom. The second-order valence-electron chi connectivity index (χ2n) is 10.5. The second kappa shape index (κ2) is 10.5. The number of aromatic carboxylic acids is 1. The van der Waals surface area contributed by atoms with Gasteiger partial charge in [-0.3, -0.25) is 0 Å². The van der Waals surface area contributed by atoms with Crippen molar-refractivity contribution in [2.24, 2.45) is 0 Å². The Hall–Kier alpha value is -5.22. The number of hydrogen-bond donors (Lipinski definition) is 1. The first-order valence-corrected chi connectivity index (χ1v) is 13.9. The van der Waals surface area contributed by atoms with Crippen LogP contribution < -0.4 is 9.47 Å². The summed E-state index contributed by atoms with van der Waals surface area (Å²) in [7, 11) is 0. The maximum Gasteiger partial charge on any atom is 0.335 e. The largest absolute Gasteiger partial charge is 0.478 e. The number of fused-ring (bicyclic) bond motifs is 2. The Kier molecular flexibility index (Phi) is 6.58. The summed E-state index contributed by atoms with van der Waals surface area (Å²) in [6.45, 7) is 1.85. The zero-order valence-corrected chi connectivity index (χ0v) is 23.8. The molecule has 11 heteroatoms. The summed E-state index contributed by atoms with van der Waals surface area (Å²) >= 11 is 5.93. The summed E-state index contributed by atoms with van der Waals surface area (Å²) in [5, 5.41) is 9.76. The lowest BCUT2D eigenvalue weighted by Crippen LogP contribution is -2.32. The Balaban J connectivity index is 1.22. The lowest BCUT2D eigenvalue weighted by Gasteiger charge is -2.24. The molecule has 0 radical (unpaired) electrons. The van der Waals surface area contributed by atoms with Crippen LogP contribution in [0.1, 0.15) is 40.0 Å². The molecule has 0 spiro atoms. The van der Waals surface area contributed by atoms with Gasteiger partial charge in [-0.15, -0.1) is 0 Å². The predicted molar refractivity (Wildman–Crippen MR) is 157 cm³/mol. The highest BCUT2D eigenvalue weighted by molar-refractivity contribution is 6.30. The van der Waals surface area contributed by atoms with Gasteiger partial charge in [0.05, 0.1) is 34.9 Å². The van der Waals surface area contributed by atoms with E-state index >= 15 is 4.39 Å². The number of ether oxygens (including phenoxy) is 2. The van der Waals surface area contributed by atoms with Gasteiger partial charge in [-0.2, -0.15) is 0 Å². The highest BCUT2D eigenvalue weighted by atomic mass is 35.5. The molecule has 220 valence electrons. The van der Waals surface area contributed by atoms with Crippen LogP contribution in [0.4, 0.5) is 8.78 Å². The first-order valence-electron chi connectivity index (χ1n) is 13.5. The first kappa shape index (κ1) is 27.6. The molecule has 3 heterocycles. The monoisotopic (exact) mass is 613 g/mol. The fourth-order valence-corrected chi connectivity index (χ4v) is 5.63. The molecule has 8 nitrogen and oxygen atoms in total. The molecule has 1 aliphatic heterocycles. The molecule has 44 heavy (non-hydrogen) atoms. The van der Waals surface area contributed by atoms with Gasteiger partial charge < -0.3 is 23.6 Å². The van der Waals surface area contributed by atoms with Gasteiger partial charge in [0.1, 0.15) is 23.2 Å². The van der Waals surface area contributed by atoms with E-state index in [-0.39, 0.29) is 34.7 Å². The lowest BCUT2D eigenvalue weighted by atomic mass is 10.0. The SMILES string of the molecule is CC1(c2ccc(Cl)cc2F)Oc2cccc(-c3ccc(Cc4nc5ccc(C(=O)O)cc5n4Cc4cnco4)cc3F)c2O1. The Morgan fingerprint density at radius 1 is 1.00 bits per heavy atom. The smallest absolute Gasteiger partial charge is 0.335 e. The molecule has 1 aliphatic rings. The van der Waals surface area contributed by atoms with Crippen LogP contribution >= 0.6 is 11.6 Å². The Bertz CT molecular complexity index is 2080. The van der Waals surface area contributed by atoms with E-state index in [1.165, 1.54) is 30.7 Å². The summed E-state index contributed by atoms with van der Waals surface area (Å²) in [5.41, 5.74) is 2.83. The molecule has 6 aromatic rings. The summed E-state index contributed by atoms with van der Waals surface area (Å²) in [6, 6.07) is 18.9. The number of carboxylic acids is 1. The van der Waals surface area contributed by atoms with E-state index in [2.05, 4.69) is 4.98 Å². The van der Waals surface area contributed by atoms with Gasteiger partial charge in [-0.1, -0.05) is 35.9 Å². The number of carboxylic acid groups (broad SMARTS) is 1. The fourth-order valence-electron chi connectivity index (χ4n) is 5.47. The van der Waals surface area contributed by atoms with E-state index in [9.17, 15) is 14.3 Å². The van der Waals surface area contributed by atoms with Crippen LogP contribution in [0, 0.1) is 11.6 Å². The van der Waals surface area contributed by atoms with Gasteiger partial charge in [0, 0.05) is 29.5 Å². The van der Waals surface area contributed by atoms with Crippen molar-refractivity contribution in [2.75, 3.05) is 0 Å². The van der Waals surface area contributed by atoms with E-state index in [1.54, 1.807) is 61.7 Å². The van der Waals surface area contributed by atoms with Crippen LogP contribution in [0.15, 0.2) is 89.8 Å². The number of rotatable bonds is 7. The van der Waals surface area contributed by atoms with Crippen LogP contribution in [0.2, 0.25) is 5.02 Å². The molecule has 0 fully saturated rings. The quantitative estimate of drug-likeness (QED) is 0.198. The van der Waals surface area contributed by atoms with E-state index < -0.39 is 23.4 Å². The minimum Gasteiger partial charge on any atom is -0.478 e. The van der Waals surface area contributed by atoms with Crippen molar-refractivity contribution in [1.29, 1.82) is 0 Å². The number of carbonyl (C=O) groups is 1. The van der Waals surface area contributed by atoms with Crippen LogP contribution in [0.3, 0.4) is 0 Å². The van der Waals surface area contributed by atoms with Crippen LogP contribution in [0.25, 0.3) is 22.2 Å². The van der Waals surface area contributed by atoms with Crippen molar-refractivity contribution in [3.63, 3.8) is 0 Å². The number of imidazole rings is 1. The van der Waals surface area contributed by atoms with E-state index in [4.69, 9.17) is 30.5 Å². The fraction of sp³-hybridized carbons (Fsp3) is 0.121. The standard InChI is InChI=1S/C33H22ClF2N3O5/c1-33(24-9-7-20(34)14-26(24)36)43-29-4-2-3-23(31(29)44-33)22-8-5-18(11-25(22)35)12-30-38-27-10-6-19(32(40)41)13-28(27)39(30)16-21-15-37-17-42-21/h2-11,13-15,17H,12,16H2,1H3,(H,40,41). The van der Waals surface area contributed by atoms with Gasteiger partial charge >= 0.3 is 5.97 Å². The number of nitrogens with zero attached hydrogens (tertiary/aromatic N) is 3. The van der Waals surface area contributed by atoms with Crippen molar-refractivity contribution in [3.8, 4) is 22.6 Å². The number of oxazole rings is 1. The molecule has 4 aromatic carbocycles. The topological polar surface area (TPSA) is 99.6 Å². The van der Waals surface area contributed by atoms with Crippen molar-refractivity contribution in [1.82, 2.24) is 14.5 Å². The van der Waals surface area contributed by atoms with Crippen molar-refractivity contribution >= 4 is 28.6 Å². The van der Waals surface area contributed by atoms with Crippen molar-refractivity contribution in [3.05, 3.63) is 130 Å². The molecule has 1 unspecified atom stereocenters. The number of aromatic nitrogens is 3. The van der Waals surface area contributed by atoms with E-state index in [0.29, 0.717) is 45.2 Å².